The van der Waals surface area contributed by atoms with Crippen molar-refractivity contribution >= 4 is 28.4 Å². The lowest BCUT2D eigenvalue weighted by Gasteiger charge is -2.11. The van der Waals surface area contributed by atoms with Crippen LogP contribution in [0.1, 0.15) is 24.0 Å². The number of fused-ring (bicyclic) bond motifs is 1. The van der Waals surface area contributed by atoms with Crippen molar-refractivity contribution in [1.29, 1.82) is 0 Å². The van der Waals surface area contributed by atoms with Gasteiger partial charge in [0.05, 0.1) is 6.54 Å². The molecule has 0 saturated heterocycles. The largest absolute Gasteiger partial charge is 0.361 e. The Kier molecular flexibility index (Phi) is 7.03. The number of para-hydroxylation sites is 1. The van der Waals surface area contributed by atoms with Crippen LogP contribution in [0.2, 0.25) is 0 Å². The molecule has 6 nitrogen and oxygen atoms in total. The summed E-state index contributed by atoms with van der Waals surface area (Å²) >= 11 is 0. The lowest BCUT2D eigenvalue weighted by molar-refractivity contribution is -0.121. The van der Waals surface area contributed by atoms with Crippen LogP contribution in [0, 0.1) is 0 Å². The maximum absolute atomic E-state index is 12.2. The average Bonchev–Trinajstić information content (AvgIpc) is 3.09. The molecule has 0 aliphatic heterocycles. The van der Waals surface area contributed by atoms with Gasteiger partial charge < -0.3 is 20.5 Å². The SMILES string of the molecule is CN(C)CC(=O)Nc1cccc(CNC(=O)CCCc2c[nH]c3ccccc23)c1. The van der Waals surface area contributed by atoms with E-state index in [1.807, 2.05) is 61.6 Å². The molecule has 29 heavy (non-hydrogen) atoms. The van der Waals surface area contributed by atoms with Gasteiger partial charge in [-0.05, 0) is 56.3 Å². The van der Waals surface area contributed by atoms with E-state index in [2.05, 4.69) is 27.8 Å². The average molecular weight is 393 g/mol. The van der Waals surface area contributed by atoms with Gasteiger partial charge in [0, 0.05) is 35.8 Å². The van der Waals surface area contributed by atoms with Gasteiger partial charge in [0.2, 0.25) is 11.8 Å². The summed E-state index contributed by atoms with van der Waals surface area (Å²) in [6.07, 6.45) is 4.18. The fourth-order valence-corrected chi connectivity index (χ4v) is 3.31. The van der Waals surface area contributed by atoms with Crippen LogP contribution < -0.4 is 10.6 Å². The molecular weight excluding hydrogens is 364 g/mol. The maximum Gasteiger partial charge on any atom is 0.238 e. The molecule has 0 radical (unpaired) electrons. The number of rotatable bonds is 9. The van der Waals surface area contributed by atoms with Crippen LogP contribution in [-0.4, -0.2) is 42.3 Å². The highest BCUT2D eigenvalue weighted by atomic mass is 16.2. The van der Waals surface area contributed by atoms with E-state index in [1.54, 1.807) is 0 Å². The zero-order valence-electron chi connectivity index (χ0n) is 17.0. The van der Waals surface area contributed by atoms with Gasteiger partial charge >= 0.3 is 0 Å². The second-order valence-electron chi connectivity index (χ2n) is 7.48. The first-order valence-electron chi connectivity index (χ1n) is 9.86. The van der Waals surface area contributed by atoms with Gasteiger partial charge in [0.1, 0.15) is 0 Å². The van der Waals surface area contributed by atoms with Gasteiger partial charge in [0.15, 0.2) is 0 Å². The molecule has 0 unspecified atom stereocenters. The molecule has 0 fully saturated rings. The standard InChI is InChI=1S/C23H28N4O2/c1-27(2)16-23(29)26-19-9-5-7-17(13-19)14-25-22(28)12-6-8-18-15-24-21-11-4-3-10-20(18)21/h3-5,7,9-11,13,15,24H,6,8,12,14,16H2,1-2H3,(H,25,28)(H,26,29). The van der Waals surface area contributed by atoms with Gasteiger partial charge in [-0.2, -0.15) is 0 Å². The van der Waals surface area contributed by atoms with Crippen LogP contribution in [0.5, 0.6) is 0 Å². The third-order valence-corrected chi connectivity index (χ3v) is 4.69. The first-order valence-corrected chi connectivity index (χ1v) is 9.86. The van der Waals surface area contributed by atoms with E-state index in [0.717, 1.165) is 29.6 Å². The fraction of sp³-hybridized carbons (Fsp3) is 0.304. The van der Waals surface area contributed by atoms with Crippen molar-refractivity contribution in [3.8, 4) is 0 Å². The van der Waals surface area contributed by atoms with E-state index in [-0.39, 0.29) is 11.8 Å². The Morgan fingerprint density at radius 2 is 1.86 bits per heavy atom. The molecule has 152 valence electrons. The molecule has 0 aliphatic carbocycles. The van der Waals surface area contributed by atoms with E-state index >= 15 is 0 Å². The number of carbonyl (C=O) groups excluding carboxylic acids is 2. The van der Waals surface area contributed by atoms with Crippen LogP contribution in [0.15, 0.2) is 54.7 Å². The molecule has 2 amide bonds. The fourth-order valence-electron chi connectivity index (χ4n) is 3.31. The van der Waals surface area contributed by atoms with Crippen LogP contribution in [0.3, 0.4) is 0 Å². The molecule has 6 heteroatoms. The van der Waals surface area contributed by atoms with E-state index in [0.29, 0.717) is 19.5 Å². The summed E-state index contributed by atoms with van der Waals surface area (Å²) in [5.41, 5.74) is 4.07. The van der Waals surface area contributed by atoms with Crippen molar-refractivity contribution in [1.82, 2.24) is 15.2 Å². The molecular formula is C23H28N4O2. The molecule has 1 heterocycles. The number of carbonyl (C=O) groups is 2. The molecule has 3 N–H and O–H groups in total. The zero-order valence-corrected chi connectivity index (χ0v) is 17.0. The van der Waals surface area contributed by atoms with Crippen molar-refractivity contribution in [3.63, 3.8) is 0 Å². The molecule has 0 spiro atoms. The summed E-state index contributed by atoms with van der Waals surface area (Å²) < 4.78 is 0. The number of aromatic nitrogens is 1. The molecule has 0 saturated carbocycles. The summed E-state index contributed by atoms with van der Waals surface area (Å²) in [4.78, 5) is 29.2. The topological polar surface area (TPSA) is 77.2 Å². The van der Waals surface area contributed by atoms with Crippen molar-refractivity contribution in [2.24, 2.45) is 0 Å². The van der Waals surface area contributed by atoms with Crippen molar-refractivity contribution in [2.45, 2.75) is 25.8 Å². The number of hydrogen-bond donors (Lipinski definition) is 3. The molecule has 0 aliphatic rings. The molecule has 0 atom stereocenters. The summed E-state index contributed by atoms with van der Waals surface area (Å²) in [6.45, 7) is 0.778. The Hall–Kier alpha value is -3.12. The second kappa shape index (κ2) is 9.89. The molecule has 1 aromatic heterocycles. The van der Waals surface area contributed by atoms with Gasteiger partial charge in [-0.15, -0.1) is 0 Å². The maximum atomic E-state index is 12.2. The Bertz CT molecular complexity index is 978. The quantitative estimate of drug-likeness (QED) is 0.523. The van der Waals surface area contributed by atoms with Crippen LogP contribution in [0.25, 0.3) is 10.9 Å². The lowest BCUT2D eigenvalue weighted by Crippen LogP contribution is -2.27. The monoisotopic (exact) mass is 392 g/mol. The summed E-state index contributed by atoms with van der Waals surface area (Å²) in [5.74, 6) is -0.0274. The lowest BCUT2D eigenvalue weighted by atomic mass is 10.1. The number of hydrogen-bond acceptors (Lipinski definition) is 3. The normalized spacial score (nSPS) is 11.0. The number of anilines is 1. The van der Waals surface area contributed by atoms with Crippen molar-refractivity contribution in [2.75, 3.05) is 26.0 Å². The van der Waals surface area contributed by atoms with E-state index in [1.165, 1.54) is 10.9 Å². The van der Waals surface area contributed by atoms with Gasteiger partial charge in [-0.1, -0.05) is 30.3 Å². The molecule has 3 aromatic rings. The number of likely N-dealkylation sites (N-methyl/N-ethyl adjacent to an activating group) is 1. The number of aryl methyl sites for hydroxylation is 1. The van der Waals surface area contributed by atoms with Gasteiger partial charge in [-0.25, -0.2) is 0 Å². The van der Waals surface area contributed by atoms with Crippen LogP contribution in [-0.2, 0) is 22.6 Å². The third kappa shape index (κ3) is 6.19. The number of nitrogens with one attached hydrogen (secondary N) is 3. The Morgan fingerprint density at radius 1 is 1.03 bits per heavy atom. The van der Waals surface area contributed by atoms with Crippen molar-refractivity contribution < 1.29 is 9.59 Å². The number of amides is 2. The smallest absolute Gasteiger partial charge is 0.238 e. The first-order chi connectivity index (χ1) is 14.0. The van der Waals surface area contributed by atoms with Crippen molar-refractivity contribution in [3.05, 3.63) is 65.9 Å². The Morgan fingerprint density at radius 3 is 2.69 bits per heavy atom. The summed E-state index contributed by atoms with van der Waals surface area (Å²) in [7, 11) is 3.70. The number of H-pyrrole nitrogens is 1. The number of aromatic amines is 1. The van der Waals surface area contributed by atoms with Crippen LogP contribution >= 0.6 is 0 Å². The predicted octanol–water partition coefficient (Wildman–Crippen LogP) is 3.31. The van der Waals surface area contributed by atoms with Gasteiger partial charge in [0.25, 0.3) is 0 Å². The third-order valence-electron chi connectivity index (χ3n) is 4.69. The molecule has 2 aromatic carbocycles. The highest BCUT2D eigenvalue weighted by Gasteiger charge is 2.07. The number of benzene rings is 2. The van der Waals surface area contributed by atoms with E-state index in [4.69, 9.17) is 0 Å². The minimum atomic E-state index is -0.0616. The molecule has 0 bridgehead atoms. The summed E-state index contributed by atoms with van der Waals surface area (Å²) in [5, 5.41) is 7.05. The minimum absolute atomic E-state index is 0.0342. The highest BCUT2D eigenvalue weighted by molar-refractivity contribution is 5.92. The zero-order chi connectivity index (χ0) is 20.6. The van der Waals surface area contributed by atoms with E-state index in [9.17, 15) is 9.59 Å². The van der Waals surface area contributed by atoms with Crippen LogP contribution in [0.4, 0.5) is 5.69 Å². The Labute approximate surface area is 171 Å². The molecule has 3 rings (SSSR count). The summed E-state index contributed by atoms with van der Waals surface area (Å²) in [6, 6.07) is 15.8. The highest BCUT2D eigenvalue weighted by Crippen LogP contribution is 2.19. The predicted molar refractivity (Wildman–Crippen MR) is 117 cm³/mol. The second-order valence-corrected chi connectivity index (χ2v) is 7.48. The minimum Gasteiger partial charge on any atom is -0.361 e. The number of nitrogens with zero attached hydrogens (tertiary/aromatic N) is 1. The Balaban J connectivity index is 1.43. The van der Waals surface area contributed by atoms with Gasteiger partial charge in [-0.3, -0.25) is 9.59 Å². The van der Waals surface area contributed by atoms with E-state index < -0.39 is 0 Å². The first kappa shape index (κ1) is 20.6.